The van der Waals surface area contributed by atoms with Crippen LogP contribution in [0.2, 0.25) is 0 Å². The fraction of sp³-hybridized carbons (Fsp3) is 0.421. The van der Waals surface area contributed by atoms with Crippen LogP contribution in [0.15, 0.2) is 34.9 Å². The summed E-state index contributed by atoms with van der Waals surface area (Å²) in [6.45, 7) is 0.425. The number of rotatable bonds is 10. The van der Waals surface area contributed by atoms with Crippen molar-refractivity contribution < 1.29 is 32.4 Å². The average molecular weight is 413 g/mol. The van der Waals surface area contributed by atoms with Gasteiger partial charge in [-0.1, -0.05) is 31.4 Å². The van der Waals surface area contributed by atoms with Gasteiger partial charge in [-0.2, -0.15) is 13.2 Å². The van der Waals surface area contributed by atoms with E-state index in [9.17, 15) is 22.8 Å². The van der Waals surface area contributed by atoms with Gasteiger partial charge in [0.2, 0.25) is 5.91 Å². The van der Waals surface area contributed by atoms with Crippen molar-refractivity contribution in [3.63, 3.8) is 0 Å². The molecule has 0 unspecified atom stereocenters. The lowest BCUT2D eigenvalue weighted by Gasteiger charge is -2.06. The Bertz CT molecular complexity index is 804. The summed E-state index contributed by atoms with van der Waals surface area (Å²) in [6.07, 6.45) is 1.18. The van der Waals surface area contributed by atoms with Gasteiger partial charge in [0.05, 0.1) is 11.8 Å². The summed E-state index contributed by atoms with van der Waals surface area (Å²) >= 11 is 0. The maximum Gasteiger partial charge on any atom is 0.416 e. The average Bonchev–Trinajstić information content (AvgIpc) is 3.19. The first-order valence-corrected chi connectivity index (χ1v) is 9.16. The summed E-state index contributed by atoms with van der Waals surface area (Å²) in [7, 11) is 0. The van der Waals surface area contributed by atoms with Gasteiger partial charge in [0, 0.05) is 18.5 Å². The number of aromatic nitrogens is 1. The van der Waals surface area contributed by atoms with Crippen molar-refractivity contribution in [2.24, 2.45) is 0 Å². The number of carbonyl (C=O) groups is 2. The van der Waals surface area contributed by atoms with Crippen LogP contribution >= 0.6 is 0 Å². The van der Waals surface area contributed by atoms with Crippen LogP contribution in [0.1, 0.15) is 54.8 Å². The zero-order valence-electron chi connectivity index (χ0n) is 15.6. The smallest absolute Gasteiger partial charge is 0.416 e. The van der Waals surface area contributed by atoms with Crippen LogP contribution in [0.4, 0.5) is 13.2 Å². The van der Waals surface area contributed by atoms with Crippen LogP contribution in [0.3, 0.4) is 0 Å². The molecule has 0 fully saturated rings. The van der Waals surface area contributed by atoms with Crippen LogP contribution in [-0.2, 0) is 11.0 Å². The van der Waals surface area contributed by atoms with E-state index in [4.69, 9.17) is 9.62 Å². The van der Waals surface area contributed by atoms with Gasteiger partial charge in [0.1, 0.15) is 0 Å². The number of amides is 2. The Morgan fingerprint density at radius 1 is 1.03 bits per heavy atom. The van der Waals surface area contributed by atoms with E-state index >= 15 is 0 Å². The Morgan fingerprint density at radius 2 is 1.69 bits per heavy atom. The molecule has 2 amide bonds. The number of oxazole rings is 1. The van der Waals surface area contributed by atoms with Gasteiger partial charge in [-0.15, -0.1) is 0 Å². The predicted molar refractivity (Wildman–Crippen MR) is 96.9 cm³/mol. The largest absolute Gasteiger partial charge is 0.432 e. The highest BCUT2D eigenvalue weighted by atomic mass is 19.4. The van der Waals surface area contributed by atoms with E-state index in [2.05, 4.69) is 10.3 Å². The number of alkyl halides is 3. The van der Waals surface area contributed by atoms with Crippen molar-refractivity contribution in [2.45, 2.75) is 44.7 Å². The molecule has 0 atom stereocenters. The quantitative estimate of drug-likeness (QED) is 0.311. The van der Waals surface area contributed by atoms with Gasteiger partial charge in [-0.25, -0.2) is 10.5 Å². The van der Waals surface area contributed by atoms with Crippen molar-refractivity contribution in [1.82, 2.24) is 15.8 Å². The normalized spacial score (nSPS) is 11.3. The summed E-state index contributed by atoms with van der Waals surface area (Å²) < 4.78 is 43.1. The van der Waals surface area contributed by atoms with E-state index in [-0.39, 0.29) is 18.1 Å². The van der Waals surface area contributed by atoms with Crippen LogP contribution in [0.25, 0.3) is 11.3 Å². The van der Waals surface area contributed by atoms with Gasteiger partial charge in [0.25, 0.3) is 5.89 Å². The zero-order valence-corrected chi connectivity index (χ0v) is 15.6. The zero-order chi connectivity index (χ0) is 21.3. The molecule has 2 rings (SSSR count). The third-order valence-electron chi connectivity index (χ3n) is 4.19. The van der Waals surface area contributed by atoms with E-state index in [0.29, 0.717) is 18.5 Å². The molecule has 0 aliphatic carbocycles. The molecule has 158 valence electrons. The topological polar surface area (TPSA) is 104 Å². The molecule has 0 aliphatic rings. The van der Waals surface area contributed by atoms with Crippen molar-refractivity contribution in [1.29, 1.82) is 0 Å². The van der Waals surface area contributed by atoms with Crippen molar-refractivity contribution >= 4 is 11.8 Å². The molecule has 0 aliphatic heterocycles. The number of benzene rings is 1. The molecule has 2 aromatic rings. The fourth-order valence-corrected chi connectivity index (χ4v) is 2.61. The van der Waals surface area contributed by atoms with Crippen molar-refractivity contribution in [3.8, 4) is 11.3 Å². The molecule has 0 radical (unpaired) electrons. The highest BCUT2D eigenvalue weighted by Crippen LogP contribution is 2.31. The van der Waals surface area contributed by atoms with Crippen LogP contribution in [0.5, 0.6) is 0 Å². The maximum atomic E-state index is 12.6. The lowest BCUT2D eigenvalue weighted by atomic mass is 10.1. The van der Waals surface area contributed by atoms with Gasteiger partial charge in [-0.05, 0) is 25.0 Å². The van der Waals surface area contributed by atoms with Gasteiger partial charge >= 0.3 is 12.1 Å². The van der Waals surface area contributed by atoms with E-state index in [0.717, 1.165) is 37.8 Å². The summed E-state index contributed by atoms with van der Waals surface area (Å²) in [5.74, 6) is -0.854. The predicted octanol–water partition coefficient (Wildman–Crippen LogP) is 3.94. The molecule has 1 aromatic heterocycles. The fourth-order valence-electron chi connectivity index (χ4n) is 2.61. The number of nitrogens with zero attached hydrogens (tertiary/aromatic N) is 1. The molecule has 1 heterocycles. The highest BCUT2D eigenvalue weighted by Gasteiger charge is 2.30. The van der Waals surface area contributed by atoms with E-state index in [1.54, 1.807) is 5.48 Å². The Kier molecular flexibility index (Phi) is 8.20. The molecule has 10 heteroatoms. The first-order chi connectivity index (χ1) is 13.8. The summed E-state index contributed by atoms with van der Waals surface area (Å²) in [5, 5.41) is 11.0. The first-order valence-electron chi connectivity index (χ1n) is 9.16. The molecular weight excluding hydrogens is 391 g/mol. The number of unbranched alkanes of at least 4 members (excludes halogenated alkanes) is 4. The van der Waals surface area contributed by atoms with Crippen molar-refractivity contribution in [3.05, 3.63) is 41.9 Å². The van der Waals surface area contributed by atoms with Gasteiger partial charge in [0.15, 0.2) is 5.76 Å². The summed E-state index contributed by atoms with van der Waals surface area (Å²) in [4.78, 5) is 26.7. The minimum atomic E-state index is -4.42. The number of hydroxylamine groups is 1. The minimum Gasteiger partial charge on any atom is -0.432 e. The second-order valence-corrected chi connectivity index (χ2v) is 6.41. The molecule has 29 heavy (non-hydrogen) atoms. The molecule has 0 bridgehead atoms. The molecule has 0 saturated heterocycles. The van der Waals surface area contributed by atoms with Gasteiger partial charge < -0.3 is 9.73 Å². The second-order valence-electron chi connectivity index (χ2n) is 6.41. The standard InChI is InChI=1S/C19H22F3N3O4/c20-19(21,22)14-9-7-13(8-10-14)15-12-24-18(29-15)17(27)23-11-5-3-1-2-4-6-16(26)25-28/h7-10,12,28H,1-6,11H2,(H,23,27)(H,25,26). The molecule has 0 saturated carbocycles. The third-order valence-corrected chi connectivity index (χ3v) is 4.19. The number of hydrogen-bond acceptors (Lipinski definition) is 5. The lowest BCUT2D eigenvalue weighted by Crippen LogP contribution is -2.24. The highest BCUT2D eigenvalue weighted by molar-refractivity contribution is 5.89. The Morgan fingerprint density at radius 3 is 2.34 bits per heavy atom. The number of nitrogens with one attached hydrogen (secondary N) is 2. The molecule has 3 N–H and O–H groups in total. The monoisotopic (exact) mass is 413 g/mol. The maximum absolute atomic E-state index is 12.6. The SMILES string of the molecule is O=C(CCCCCCCNC(=O)c1ncc(-c2ccc(C(F)(F)F)cc2)o1)NO. The van der Waals surface area contributed by atoms with E-state index in [1.165, 1.54) is 18.3 Å². The number of halogens is 3. The van der Waals surface area contributed by atoms with E-state index < -0.39 is 23.6 Å². The Labute approximate surface area is 165 Å². The number of carbonyl (C=O) groups excluding carboxylic acids is 2. The van der Waals surface area contributed by atoms with Crippen LogP contribution in [0, 0.1) is 0 Å². The Balaban J connectivity index is 1.72. The number of hydrogen-bond donors (Lipinski definition) is 3. The van der Waals surface area contributed by atoms with Gasteiger partial charge in [-0.3, -0.25) is 14.8 Å². The third kappa shape index (κ3) is 7.22. The van der Waals surface area contributed by atoms with E-state index in [1.807, 2.05) is 0 Å². The lowest BCUT2D eigenvalue weighted by molar-refractivity contribution is -0.137. The minimum absolute atomic E-state index is 0.157. The molecule has 1 aromatic carbocycles. The van der Waals surface area contributed by atoms with Crippen molar-refractivity contribution in [2.75, 3.05) is 6.54 Å². The molecule has 7 nitrogen and oxygen atoms in total. The molecule has 0 spiro atoms. The molecular formula is C19H22F3N3O4. The summed E-state index contributed by atoms with van der Waals surface area (Å²) in [6, 6.07) is 4.39. The first kappa shape index (κ1) is 22.4. The van der Waals surface area contributed by atoms with Crippen LogP contribution in [-0.4, -0.2) is 28.6 Å². The second kappa shape index (κ2) is 10.6. The Hall–Kier alpha value is -2.88. The van der Waals surface area contributed by atoms with Crippen LogP contribution < -0.4 is 10.8 Å². The summed E-state index contributed by atoms with van der Waals surface area (Å²) in [5.41, 5.74) is 1.20.